The molecule has 27 heavy (non-hydrogen) atoms. The summed E-state index contributed by atoms with van der Waals surface area (Å²) in [5, 5.41) is 25.9. The lowest BCUT2D eigenvalue weighted by atomic mass is 9.76. The fraction of sp³-hybridized carbons (Fsp3) is 0.176. The van der Waals surface area contributed by atoms with Gasteiger partial charge in [0.05, 0.1) is 16.0 Å². The van der Waals surface area contributed by atoms with Crippen LogP contribution < -0.4 is 10.2 Å². The van der Waals surface area contributed by atoms with E-state index >= 15 is 0 Å². The first-order valence-electron chi connectivity index (χ1n) is 7.87. The highest BCUT2D eigenvalue weighted by atomic mass is 35.5. The van der Waals surface area contributed by atoms with Gasteiger partial charge in [-0.1, -0.05) is 29.8 Å². The summed E-state index contributed by atoms with van der Waals surface area (Å²) >= 11 is 13.3. The molecule has 2 aromatic rings. The van der Waals surface area contributed by atoms with Crippen molar-refractivity contribution in [3.8, 4) is 0 Å². The number of hydrogen-bond acceptors (Lipinski definition) is 5. The van der Waals surface area contributed by atoms with Gasteiger partial charge in [-0.25, -0.2) is 0 Å². The number of hydrogen-bond donors (Lipinski definition) is 3. The van der Waals surface area contributed by atoms with Crippen molar-refractivity contribution in [2.24, 2.45) is 0 Å². The first-order chi connectivity index (χ1) is 12.8. The maximum absolute atomic E-state index is 12.4. The molecule has 0 unspecified atom stereocenters. The van der Waals surface area contributed by atoms with Crippen LogP contribution in [0.5, 0.6) is 0 Å². The van der Waals surface area contributed by atoms with Gasteiger partial charge in [-0.2, -0.15) is 11.3 Å². The summed E-state index contributed by atoms with van der Waals surface area (Å²) in [5.41, 5.74) is 1.23. The second kappa shape index (κ2) is 9.91. The molecular weight excluding hydrogens is 410 g/mol. The van der Waals surface area contributed by atoms with Gasteiger partial charge >= 0.3 is 7.12 Å². The van der Waals surface area contributed by atoms with Gasteiger partial charge in [0.1, 0.15) is 6.54 Å². The Morgan fingerprint density at radius 2 is 2.04 bits per heavy atom. The average molecular weight is 427 g/mol. The normalized spacial score (nSPS) is 11.6. The molecule has 1 atom stereocenters. The van der Waals surface area contributed by atoms with Crippen LogP contribution in [0.1, 0.15) is 5.56 Å². The Morgan fingerprint density at radius 3 is 2.59 bits per heavy atom. The van der Waals surface area contributed by atoms with Crippen molar-refractivity contribution < 1.29 is 19.6 Å². The standard InChI is InChI=1S/C17H17BCl2N2O4S/c1-2-17(24)22(12-3-4-13(19)14(20)8-12)9-16(23)21-15(18(25)26)7-11-5-6-27-10-11/h2-6,8,10,15,25-26H,1,7,9H2,(H,21,23)/t15-/m0/s1. The molecule has 0 aliphatic rings. The minimum Gasteiger partial charge on any atom is -0.426 e. The summed E-state index contributed by atoms with van der Waals surface area (Å²) in [4.78, 5) is 25.8. The Balaban J connectivity index is 2.13. The Labute approximate surface area is 171 Å². The maximum atomic E-state index is 12.4. The monoisotopic (exact) mass is 426 g/mol. The molecule has 0 bridgehead atoms. The number of benzene rings is 1. The molecule has 0 saturated heterocycles. The lowest BCUT2D eigenvalue weighted by Crippen LogP contribution is -2.51. The molecule has 0 fully saturated rings. The molecule has 3 N–H and O–H groups in total. The SMILES string of the molecule is C=CC(=O)N(CC(=O)N[C@@H](Cc1ccsc1)B(O)O)c1ccc(Cl)c(Cl)c1. The average Bonchev–Trinajstić information content (AvgIpc) is 3.14. The van der Waals surface area contributed by atoms with Crippen molar-refractivity contribution in [1.82, 2.24) is 5.32 Å². The molecule has 0 spiro atoms. The van der Waals surface area contributed by atoms with Crippen molar-refractivity contribution in [1.29, 1.82) is 0 Å². The third kappa shape index (κ3) is 6.09. The van der Waals surface area contributed by atoms with E-state index < -0.39 is 24.9 Å². The van der Waals surface area contributed by atoms with Crippen LogP contribution in [0, 0.1) is 0 Å². The van der Waals surface area contributed by atoms with Crippen molar-refractivity contribution in [2.75, 3.05) is 11.4 Å². The molecular formula is C17H17BCl2N2O4S. The third-order valence-corrected chi connectivity index (χ3v) is 5.17. The zero-order chi connectivity index (χ0) is 20.0. The van der Waals surface area contributed by atoms with Crippen molar-refractivity contribution >= 4 is 59.2 Å². The molecule has 142 valence electrons. The fourth-order valence-corrected chi connectivity index (χ4v) is 3.32. The minimum absolute atomic E-state index is 0.234. The number of thiophene rings is 1. The minimum atomic E-state index is -1.75. The van der Waals surface area contributed by atoms with E-state index in [1.165, 1.54) is 23.5 Å². The van der Waals surface area contributed by atoms with Gasteiger partial charge in [0.15, 0.2) is 0 Å². The molecule has 0 aliphatic heterocycles. The van der Waals surface area contributed by atoms with Crippen LogP contribution in [-0.2, 0) is 16.0 Å². The predicted octanol–water partition coefficient (Wildman–Crippen LogP) is 2.31. The van der Waals surface area contributed by atoms with Crippen molar-refractivity contribution in [2.45, 2.75) is 12.4 Å². The summed E-state index contributed by atoms with van der Waals surface area (Å²) in [6.45, 7) is 3.08. The van der Waals surface area contributed by atoms with Gasteiger partial charge in [0, 0.05) is 5.69 Å². The van der Waals surface area contributed by atoms with Gasteiger partial charge < -0.3 is 15.4 Å². The molecule has 1 aromatic carbocycles. The van der Waals surface area contributed by atoms with E-state index in [-0.39, 0.29) is 18.0 Å². The Morgan fingerprint density at radius 1 is 1.30 bits per heavy atom. The summed E-state index contributed by atoms with van der Waals surface area (Å²) in [7, 11) is -1.75. The van der Waals surface area contributed by atoms with Gasteiger partial charge in [-0.05, 0) is 53.1 Å². The van der Waals surface area contributed by atoms with E-state index in [4.69, 9.17) is 23.2 Å². The lowest BCUT2D eigenvalue weighted by Gasteiger charge is -2.23. The fourth-order valence-electron chi connectivity index (χ4n) is 2.35. The van der Waals surface area contributed by atoms with Crippen LogP contribution in [0.4, 0.5) is 5.69 Å². The quantitative estimate of drug-likeness (QED) is 0.446. The number of rotatable bonds is 8. The molecule has 0 radical (unpaired) electrons. The summed E-state index contributed by atoms with van der Waals surface area (Å²) in [6, 6.07) is 6.35. The summed E-state index contributed by atoms with van der Waals surface area (Å²) in [5.74, 6) is -1.99. The number of halogens is 2. The number of anilines is 1. The second-order valence-corrected chi connectivity index (χ2v) is 7.24. The largest absolute Gasteiger partial charge is 0.475 e. The molecule has 0 saturated carbocycles. The maximum Gasteiger partial charge on any atom is 0.475 e. The molecule has 2 rings (SSSR count). The Hall–Kier alpha value is -1.84. The van der Waals surface area contributed by atoms with E-state index in [0.717, 1.165) is 16.5 Å². The van der Waals surface area contributed by atoms with E-state index in [2.05, 4.69) is 11.9 Å². The van der Waals surface area contributed by atoms with E-state index in [1.54, 1.807) is 6.07 Å². The van der Waals surface area contributed by atoms with Crippen LogP contribution in [0.2, 0.25) is 10.0 Å². The lowest BCUT2D eigenvalue weighted by molar-refractivity contribution is -0.122. The van der Waals surface area contributed by atoms with Crippen LogP contribution >= 0.6 is 34.5 Å². The molecule has 2 amide bonds. The van der Waals surface area contributed by atoms with Crippen molar-refractivity contribution in [3.05, 3.63) is 63.3 Å². The highest BCUT2D eigenvalue weighted by molar-refractivity contribution is 7.07. The summed E-state index contributed by atoms with van der Waals surface area (Å²) < 4.78 is 0. The van der Waals surface area contributed by atoms with Crippen LogP contribution in [0.15, 0.2) is 47.7 Å². The zero-order valence-electron chi connectivity index (χ0n) is 14.1. The van der Waals surface area contributed by atoms with Gasteiger partial charge in [0.2, 0.25) is 5.91 Å². The summed E-state index contributed by atoms with van der Waals surface area (Å²) in [6.07, 6.45) is 1.31. The number of amides is 2. The molecule has 1 aromatic heterocycles. The zero-order valence-corrected chi connectivity index (χ0v) is 16.5. The van der Waals surface area contributed by atoms with Crippen molar-refractivity contribution in [3.63, 3.8) is 0 Å². The first-order valence-corrected chi connectivity index (χ1v) is 9.57. The van der Waals surface area contributed by atoms with Crippen LogP contribution in [-0.4, -0.2) is 41.5 Å². The van der Waals surface area contributed by atoms with E-state index in [1.807, 2.05) is 16.8 Å². The molecule has 6 nitrogen and oxygen atoms in total. The van der Waals surface area contributed by atoms with Crippen LogP contribution in [0.25, 0.3) is 0 Å². The van der Waals surface area contributed by atoms with Crippen LogP contribution in [0.3, 0.4) is 0 Å². The third-order valence-electron chi connectivity index (χ3n) is 3.70. The van der Waals surface area contributed by atoms with Gasteiger partial charge in [0.25, 0.3) is 5.91 Å². The first kappa shape index (κ1) is 21.5. The molecule has 0 aliphatic carbocycles. The second-order valence-electron chi connectivity index (χ2n) is 5.65. The highest BCUT2D eigenvalue weighted by Gasteiger charge is 2.27. The number of carbonyl (C=O) groups is 2. The van der Waals surface area contributed by atoms with Gasteiger partial charge in [-0.3, -0.25) is 14.5 Å². The van der Waals surface area contributed by atoms with E-state index in [0.29, 0.717) is 10.7 Å². The number of carbonyl (C=O) groups excluding carboxylic acids is 2. The molecule has 10 heteroatoms. The topological polar surface area (TPSA) is 89.9 Å². The number of nitrogens with zero attached hydrogens (tertiary/aromatic N) is 1. The van der Waals surface area contributed by atoms with Gasteiger partial charge in [-0.15, -0.1) is 0 Å². The predicted molar refractivity (Wildman–Crippen MR) is 109 cm³/mol. The smallest absolute Gasteiger partial charge is 0.426 e. The van der Waals surface area contributed by atoms with E-state index in [9.17, 15) is 19.6 Å². The Bertz CT molecular complexity index is 817. The molecule has 1 heterocycles. The highest BCUT2D eigenvalue weighted by Crippen LogP contribution is 2.27. The Kier molecular flexibility index (Phi) is 7.88. The number of nitrogens with one attached hydrogen (secondary N) is 1.